The van der Waals surface area contributed by atoms with Crippen molar-refractivity contribution < 1.29 is 14.3 Å². The summed E-state index contributed by atoms with van der Waals surface area (Å²) in [5, 5.41) is 2.98. The van der Waals surface area contributed by atoms with Crippen molar-refractivity contribution in [1.29, 1.82) is 0 Å². The molecule has 1 aromatic heterocycles. The maximum absolute atomic E-state index is 11.9. The number of nitrogens with one attached hydrogen (secondary N) is 1. The number of amides is 1. The van der Waals surface area contributed by atoms with Gasteiger partial charge in [0.05, 0.1) is 12.1 Å². The molecule has 0 aromatic carbocycles. The molecule has 0 saturated carbocycles. The summed E-state index contributed by atoms with van der Waals surface area (Å²) >= 11 is 11.5. The van der Waals surface area contributed by atoms with Crippen molar-refractivity contribution in [3.05, 3.63) is 28.0 Å². The highest BCUT2D eigenvalue weighted by Crippen LogP contribution is 2.16. The van der Waals surface area contributed by atoms with E-state index in [1.807, 2.05) is 13.8 Å². The van der Waals surface area contributed by atoms with E-state index in [1.165, 1.54) is 12.1 Å². The molecule has 1 aromatic rings. The summed E-state index contributed by atoms with van der Waals surface area (Å²) in [6.45, 7) is 4.95. The Balaban J connectivity index is 2.58. The third-order valence-electron chi connectivity index (χ3n) is 2.19. The molecule has 0 aliphatic carbocycles. The lowest BCUT2D eigenvalue weighted by Crippen LogP contribution is -2.35. The molecule has 0 aliphatic heterocycles. The Kier molecular flexibility index (Phi) is 7.09. The number of carbonyl (C=O) groups excluding carboxylic acids is 1. The Labute approximate surface area is 122 Å². The minimum Gasteiger partial charge on any atom is -0.351 e. The minimum atomic E-state index is -0.474. The Bertz CT molecular complexity index is 423. The van der Waals surface area contributed by atoms with Gasteiger partial charge in [0.15, 0.2) is 6.29 Å². The molecule has 1 rings (SSSR count). The molecule has 0 unspecified atom stereocenters. The van der Waals surface area contributed by atoms with Gasteiger partial charge in [-0.2, -0.15) is 0 Å². The zero-order chi connectivity index (χ0) is 14.3. The molecular formula is C12H16Cl2N2O3. The first kappa shape index (κ1) is 16.2. The van der Waals surface area contributed by atoms with Crippen molar-refractivity contribution in [2.45, 2.75) is 20.1 Å². The first-order valence-corrected chi connectivity index (χ1v) is 6.67. The van der Waals surface area contributed by atoms with Gasteiger partial charge in [-0.15, -0.1) is 0 Å². The van der Waals surface area contributed by atoms with Crippen molar-refractivity contribution in [3.8, 4) is 0 Å². The van der Waals surface area contributed by atoms with E-state index in [0.29, 0.717) is 13.2 Å². The van der Waals surface area contributed by atoms with Gasteiger partial charge in [0.2, 0.25) is 0 Å². The summed E-state index contributed by atoms with van der Waals surface area (Å²) in [6, 6.07) is 3.02. The van der Waals surface area contributed by atoms with Crippen LogP contribution in [-0.4, -0.2) is 36.9 Å². The van der Waals surface area contributed by atoms with Gasteiger partial charge in [-0.25, -0.2) is 4.98 Å². The molecule has 19 heavy (non-hydrogen) atoms. The van der Waals surface area contributed by atoms with Gasteiger partial charge in [-0.05, 0) is 26.0 Å². The van der Waals surface area contributed by atoms with Crippen LogP contribution < -0.4 is 5.32 Å². The predicted octanol–water partition coefficient (Wildman–Crippen LogP) is 2.52. The van der Waals surface area contributed by atoms with Gasteiger partial charge in [0, 0.05) is 13.2 Å². The second-order valence-corrected chi connectivity index (χ2v) is 4.27. The minimum absolute atomic E-state index is 0.0642. The number of halogens is 2. The molecule has 1 amide bonds. The Morgan fingerprint density at radius 3 is 2.47 bits per heavy atom. The summed E-state index contributed by atoms with van der Waals surface area (Å²) in [7, 11) is 0. The first-order chi connectivity index (χ1) is 9.08. The molecule has 0 saturated heterocycles. The van der Waals surface area contributed by atoms with Gasteiger partial charge in [0.1, 0.15) is 10.3 Å². The summed E-state index contributed by atoms with van der Waals surface area (Å²) in [4.78, 5) is 15.7. The molecule has 0 bridgehead atoms. The number of rotatable bonds is 7. The lowest BCUT2D eigenvalue weighted by molar-refractivity contribution is -0.131. The van der Waals surface area contributed by atoms with E-state index in [-0.39, 0.29) is 28.3 Å². The maximum atomic E-state index is 11.9. The first-order valence-electron chi connectivity index (χ1n) is 5.91. The van der Waals surface area contributed by atoms with Crippen LogP contribution in [0.3, 0.4) is 0 Å². The lowest BCUT2D eigenvalue weighted by Gasteiger charge is -2.17. The van der Waals surface area contributed by atoms with Crippen LogP contribution in [0.2, 0.25) is 10.3 Å². The molecule has 1 N–H and O–H groups in total. The van der Waals surface area contributed by atoms with Gasteiger partial charge in [-0.1, -0.05) is 23.2 Å². The van der Waals surface area contributed by atoms with E-state index in [9.17, 15) is 4.79 Å². The molecule has 0 radical (unpaired) electrons. The van der Waals surface area contributed by atoms with Crippen LogP contribution in [0.25, 0.3) is 0 Å². The standard InChI is InChI=1S/C12H16Cl2N2O3/c1-3-18-10(19-4-2)7-15-12(17)8-5-6-9(13)16-11(8)14/h5-6,10H,3-4,7H2,1-2H3,(H,15,17). The monoisotopic (exact) mass is 306 g/mol. The van der Waals surface area contributed by atoms with Gasteiger partial charge in [0.25, 0.3) is 5.91 Å². The van der Waals surface area contributed by atoms with E-state index in [1.54, 1.807) is 0 Å². The Hall–Kier alpha value is -0.880. The van der Waals surface area contributed by atoms with E-state index < -0.39 is 6.29 Å². The Morgan fingerprint density at radius 2 is 1.95 bits per heavy atom. The predicted molar refractivity (Wildman–Crippen MR) is 73.6 cm³/mol. The zero-order valence-corrected chi connectivity index (χ0v) is 12.3. The van der Waals surface area contributed by atoms with Crippen molar-refractivity contribution in [2.24, 2.45) is 0 Å². The second-order valence-electron chi connectivity index (χ2n) is 3.52. The van der Waals surface area contributed by atoms with E-state index in [4.69, 9.17) is 32.7 Å². The average Bonchev–Trinajstić information content (AvgIpc) is 2.36. The number of ether oxygens (including phenoxy) is 2. The quantitative estimate of drug-likeness (QED) is 0.621. The highest BCUT2D eigenvalue weighted by atomic mass is 35.5. The fourth-order valence-corrected chi connectivity index (χ4v) is 1.82. The van der Waals surface area contributed by atoms with Gasteiger partial charge < -0.3 is 14.8 Å². The normalized spacial score (nSPS) is 10.8. The molecule has 7 heteroatoms. The molecule has 0 spiro atoms. The number of hydrogen-bond donors (Lipinski definition) is 1. The molecule has 106 valence electrons. The largest absolute Gasteiger partial charge is 0.351 e. The Morgan fingerprint density at radius 1 is 1.32 bits per heavy atom. The van der Waals surface area contributed by atoms with Crippen LogP contribution >= 0.6 is 23.2 Å². The van der Waals surface area contributed by atoms with E-state index >= 15 is 0 Å². The van der Waals surface area contributed by atoms with E-state index in [2.05, 4.69) is 10.3 Å². The summed E-state index contributed by atoms with van der Waals surface area (Å²) in [5.41, 5.74) is 0.262. The van der Waals surface area contributed by atoms with Crippen molar-refractivity contribution in [2.75, 3.05) is 19.8 Å². The highest BCUT2D eigenvalue weighted by molar-refractivity contribution is 6.34. The van der Waals surface area contributed by atoms with Crippen molar-refractivity contribution in [1.82, 2.24) is 10.3 Å². The topological polar surface area (TPSA) is 60.5 Å². The van der Waals surface area contributed by atoms with Gasteiger partial charge in [-0.3, -0.25) is 4.79 Å². The smallest absolute Gasteiger partial charge is 0.254 e. The summed E-state index contributed by atoms with van der Waals surface area (Å²) < 4.78 is 10.6. The molecular weight excluding hydrogens is 291 g/mol. The number of carbonyl (C=O) groups is 1. The number of nitrogens with zero attached hydrogens (tertiary/aromatic N) is 1. The number of hydrogen-bond acceptors (Lipinski definition) is 4. The summed E-state index contributed by atoms with van der Waals surface area (Å²) in [5.74, 6) is -0.349. The zero-order valence-electron chi connectivity index (χ0n) is 10.8. The van der Waals surface area contributed by atoms with Crippen LogP contribution in [0, 0.1) is 0 Å². The third-order valence-corrected chi connectivity index (χ3v) is 2.69. The third kappa shape index (κ3) is 5.32. The fourth-order valence-electron chi connectivity index (χ4n) is 1.39. The highest BCUT2D eigenvalue weighted by Gasteiger charge is 2.14. The molecule has 5 nitrogen and oxygen atoms in total. The van der Waals surface area contributed by atoms with Crippen LogP contribution in [-0.2, 0) is 9.47 Å². The maximum Gasteiger partial charge on any atom is 0.254 e. The average molecular weight is 307 g/mol. The molecule has 0 fully saturated rings. The summed E-state index contributed by atoms with van der Waals surface area (Å²) in [6.07, 6.45) is -0.474. The second kappa shape index (κ2) is 8.32. The number of aromatic nitrogens is 1. The van der Waals surface area contributed by atoms with Crippen molar-refractivity contribution in [3.63, 3.8) is 0 Å². The van der Waals surface area contributed by atoms with E-state index in [0.717, 1.165) is 0 Å². The van der Waals surface area contributed by atoms with Crippen LogP contribution in [0.4, 0.5) is 0 Å². The van der Waals surface area contributed by atoms with Gasteiger partial charge >= 0.3 is 0 Å². The van der Waals surface area contributed by atoms with Crippen LogP contribution in [0.5, 0.6) is 0 Å². The van der Waals surface area contributed by atoms with Crippen LogP contribution in [0.15, 0.2) is 12.1 Å². The SMILES string of the molecule is CCOC(CNC(=O)c1ccc(Cl)nc1Cl)OCC. The van der Waals surface area contributed by atoms with Crippen LogP contribution in [0.1, 0.15) is 24.2 Å². The lowest BCUT2D eigenvalue weighted by atomic mass is 10.2. The molecule has 1 heterocycles. The van der Waals surface area contributed by atoms with Crippen molar-refractivity contribution >= 4 is 29.1 Å². The molecule has 0 atom stereocenters. The molecule has 0 aliphatic rings. The fraction of sp³-hybridized carbons (Fsp3) is 0.500. The number of pyridine rings is 1.